The molecule has 0 radical (unpaired) electrons. The zero-order valence-corrected chi connectivity index (χ0v) is 13.3. The molecule has 1 rings (SSSR count). The Morgan fingerprint density at radius 2 is 1.89 bits per heavy atom. The number of hydrogen-bond donors (Lipinski definition) is 1. The van der Waals surface area contributed by atoms with Crippen LogP contribution in [0.25, 0.3) is 0 Å². The Morgan fingerprint density at radius 1 is 1.16 bits per heavy atom. The zero-order chi connectivity index (χ0) is 13.9. The average Bonchev–Trinajstić information content (AvgIpc) is 2.43. The molecule has 1 unspecified atom stereocenters. The monoisotopic (exact) mass is 281 g/mol. The number of benzene rings is 1. The van der Waals surface area contributed by atoms with Crippen molar-refractivity contribution in [2.45, 2.75) is 39.2 Å². The Bertz CT molecular complexity index is 326. The molecule has 1 N–H and O–H groups in total. The molecule has 0 amide bonds. The van der Waals surface area contributed by atoms with Crippen molar-refractivity contribution < 1.29 is 4.74 Å². The molecule has 3 heteroatoms. The number of ether oxygens (including phenoxy) is 1. The fourth-order valence-corrected chi connectivity index (χ4v) is 2.50. The highest BCUT2D eigenvalue weighted by Crippen LogP contribution is 2.17. The first-order chi connectivity index (χ1) is 9.27. The maximum atomic E-state index is 5.45. The Hall–Kier alpha value is -0.670. The van der Waals surface area contributed by atoms with Gasteiger partial charge in [-0.25, -0.2) is 0 Å². The lowest BCUT2D eigenvalue weighted by Crippen LogP contribution is -2.19. The molecule has 0 fully saturated rings. The Labute approximate surface area is 122 Å². The van der Waals surface area contributed by atoms with Crippen LogP contribution in [0.1, 0.15) is 44.7 Å². The van der Waals surface area contributed by atoms with Gasteiger partial charge >= 0.3 is 0 Å². The first kappa shape index (κ1) is 16.4. The van der Waals surface area contributed by atoms with E-state index in [1.807, 2.05) is 18.7 Å². The summed E-state index contributed by atoms with van der Waals surface area (Å²) in [6, 6.07) is 8.81. The summed E-state index contributed by atoms with van der Waals surface area (Å²) in [6.45, 7) is 6.05. The molecule has 0 saturated carbocycles. The van der Waals surface area contributed by atoms with Crippen LogP contribution < -0.4 is 10.1 Å². The van der Waals surface area contributed by atoms with Crippen molar-refractivity contribution in [1.29, 1.82) is 0 Å². The van der Waals surface area contributed by atoms with Gasteiger partial charge in [-0.2, -0.15) is 11.8 Å². The third-order valence-electron chi connectivity index (χ3n) is 3.17. The second kappa shape index (κ2) is 10.2. The van der Waals surface area contributed by atoms with Gasteiger partial charge in [-0.15, -0.1) is 0 Å². The summed E-state index contributed by atoms with van der Waals surface area (Å²) in [5.74, 6) is 2.24. The van der Waals surface area contributed by atoms with E-state index < -0.39 is 0 Å². The first-order valence-electron chi connectivity index (χ1n) is 7.23. The molecule has 19 heavy (non-hydrogen) atoms. The second-order valence-electron chi connectivity index (χ2n) is 4.73. The van der Waals surface area contributed by atoms with E-state index in [4.69, 9.17) is 4.74 Å². The highest BCUT2D eigenvalue weighted by molar-refractivity contribution is 7.98. The fraction of sp³-hybridized carbons (Fsp3) is 0.625. The molecule has 1 aromatic carbocycles. The minimum Gasteiger partial charge on any atom is -0.494 e. The largest absolute Gasteiger partial charge is 0.494 e. The topological polar surface area (TPSA) is 21.3 Å². The van der Waals surface area contributed by atoms with Gasteiger partial charge in [0.2, 0.25) is 0 Å². The van der Waals surface area contributed by atoms with Gasteiger partial charge in [0.1, 0.15) is 5.75 Å². The molecule has 2 nitrogen and oxygen atoms in total. The Morgan fingerprint density at radius 3 is 2.53 bits per heavy atom. The summed E-state index contributed by atoms with van der Waals surface area (Å²) >= 11 is 1.94. The molecule has 1 aromatic rings. The van der Waals surface area contributed by atoms with E-state index in [9.17, 15) is 0 Å². The lowest BCUT2D eigenvalue weighted by Gasteiger charge is -2.14. The van der Waals surface area contributed by atoms with E-state index >= 15 is 0 Å². The lowest BCUT2D eigenvalue weighted by atomic mass is 10.1. The molecule has 0 aliphatic heterocycles. The fourth-order valence-electron chi connectivity index (χ4n) is 2.00. The lowest BCUT2D eigenvalue weighted by molar-refractivity contribution is 0.340. The number of rotatable bonds is 10. The molecule has 0 aliphatic carbocycles. The molecule has 0 spiro atoms. The van der Waals surface area contributed by atoms with E-state index in [0.29, 0.717) is 6.04 Å². The Balaban J connectivity index is 2.23. The average molecular weight is 281 g/mol. The van der Waals surface area contributed by atoms with Crippen molar-refractivity contribution in [3.8, 4) is 5.75 Å². The highest BCUT2D eigenvalue weighted by Gasteiger charge is 2.04. The normalized spacial score (nSPS) is 12.4. The predicted molar refractivity (Wildman–Crippen MR) is 86.3 cm³/mol. The minimum atomic E-state index is 0.413. The molecular formula is C16H27NOS. The summed E-state index contributed by atoms with van der Waals surface area (Å²) in [7, 11) is 0. The first-order valence-corrected chi connectivity index (χ1v) is 8.62. The van der Waals surface area contributed by atoms with Crippen molar-refractivity contribution in [3.05, 3.63) is 29.8 Å². The van der Waals surface area contributed by atoms with Crippen LogP contribution in [-0.2, 0) is 0 Å². The van der Waals surface area contributed by atoms with Crippen molar-refractivity contribution in [2.75, 3.05) is 25.2 Å². The summed E-state index contributed by atoms with van der Waals surface area (Å²) in [4.78, 5) is 0. The third kappa shape index (κ3) is 6.88. The van der Waals surface area contributed by atoms with Crippen molar-refractivity contribution in [1.82, 2.24) is 5.32 Å². The number of hydrogen-bond acceptors (Lipinski definition) is 3. The zero-order valence-electron chi connectivity index (χ0n) is 12.4. The van der Waals surface area contributed by atoms with Crippen LogP contribution in [0.3, 0.4) is 0 Å². The second-order valence-corrected chi connectivity index (χ2v) is 5.72. The molecule has 1 atom stereocenters. The molecule has 0 saturated heterocycles. The van der Waals surface area contributed by atoms with Crippen LogP contribution in [0.2, 0.25) is 0 Å². The molecule has 108 valence electrons. The maximum Gasteiger partial charge on any atom is 0.119 e. The van der Waals surface area contributed by atoms with E-state index in [1.54, 1.807) is 0 Å². The van der Waals surface area contributed by atoms with Crippen LogP contribution in [0.15, 0.2) is 24.3 Å². The van der Waals surface area contributed by atoms with E-state index in [0.717, 1.165) is 18.9 Å². The summed E-state index contributed by atoms with van der Waals surface area (Å²) < 4.78 is 5.45. The van der Waals surface area contributed by atoms with Crippen molar-refractivity contribution in [2.24, 2.45) is 0 Å². The van der Waals surface area contributed by atoms with Crippen LogP contribution in [0.4, 0.5) is 0 Å². The quantitative estimate of drug-likeness (QED) is 0.647. The SMILES string of the molecule is CCOc1ccc(C(C)NCCCCCSC)cc1. The van der Waals surface area contributed by atoms with Gasteiger partial charge < -0.3 is 10.1 Å². The molecule has 0 heterocycles. The highest BCUT2D eigenvalue weighted by atomic mass is 32.2. The number of thioether (sulfide) groups is 1. The van der Waals surface area contributed by atoms with Gasteiger partial charge in [0.05, 0.1) is 6.61 Å². The van der Waals surface area contributed by atoms with Crippen molar-refractivity contribution >= 4 is 11.8 Å². The van der Waals surface area contributed by atoms with Crippen LogP contribution >= 0.6 is 11.8 Å². The number of nitrogens with one attached hydrogen (secondary N) is 1. The van der Waals surface area contributed by atoms with Gasteiger partial charge in [0.15, 0.2) is 0 Å². The number of unbranched alkanes of at least 4 members (excludes halogenated alkanes) is 2. The van der Waals surface area contributed by atoms with Gasteiger partial charge in [-0.3, -0.25) is 0 Å². The maximum absolute atomic E-state index is 5.45. The van der Waals surface area contributed by atoms with Gasteiger partial charge in [0.25, 0.3) is 0 Å². The van der Waals surface area contributed by atoms with E-state index in [-0.39, 0.29) is 0 Å². The summed E-state index contributed by atoms with van der Waals surface area (Å²) in [5.41, 5.74) is 1.33. The van der Waals surface area contributed by atoms with E-state index in [1.165, 1.54) is 30.6 Å². The van der Waals surface area contributed by atoms with Gasteiger partial charge in [-0.1, -0.05) is 18.6 Å². The standard InChI is InChI=1S/C16H27NOS/c1-4-18-16-10-8-15(9-11-16)14(2)17-12-6-5-7-13-19-3/h8-11,14,17H,4-7,12-13H2,1-3H3. The smallest absolute Gasteiger partial charge is 0.119 e. The molecular weight excluding hydrogens is 254 g/mol. The summed E-state index contributed by atoms with van der Waals surface area (Å²) in [5, 5.41) is 3.58. The third-order valence-corrected chi connectivity index (χ3v) is 3.86. The van der Waals surface area contributed by atoms with Gasteiger partial charge in [0, 0.05) is 6.04 Å². The van der Waals surface area contributed by atoms with E-state index in [2.05, 4.69) is 42.8 Å². The molecule has 0 bridgehead atoms. The van der Waals surface area contributed by atoms with Gasteiger partial charge in [-0.05, 0) is 62.9 Å². The minimum absolute atomic E-state index is 0.413. The van der Waals surface area contributed by atoms with Crippen LogP contribution in [0.5, 0.6) is 5.75 Å². The predicted octanol–water partition coefficient (Wildman–Crippen LogP) is 4.27. The molecule has 0 aromatic heterocycles. The van der Waals surface area contributed by atoms with Crippen molar-refractivity contribution in [3.63, 3.8) is 0 Å². The summed E-state index contributed by atoms with van der Waals surface area (Å²) in [6.07, 6.45) is 6.10. The Kier molecular flexibility index (Phi) is 8.76. The van der Waals surface area contributed by atoms with Crippen LogP contribution in [-0.4, -0.2) is 25.2 Å². The van der Waals surface area contributed by atoms with Crippen LogP contribution in [0, 0.1) is 0 Å². The molecule has 0 aliphatic rings.